The molecule has 0 radical (unpaired) electrons. The number of likely N-dealkylation sites (tertiary alicyclic amines) is 1. The van der Waals surface area contributed by atoms with Gasteiger partial charge in [0.25, 0.3) is 0 Å². The first-order valence-electron chi connectivity index (χ1n) is 12.5. The number of piperidine rings is 1. The molecule has 2 aromatic rings. The Kier molecular flexibility index (Phi) is 5.41. The molecule has 6 nitrogen and oxygen atoms in total. The summed E-state index contributed by atoms with van der Waals surface area (Å²) >= 11 is 0. The van der Waals surface area contributed by atoms with Crippen molar-refractivity contribution in [2.75, 3.05) is 26.2 Å². The van der Waals surface area contributed by atoms with Gasteiger partial charge in [0.1, 0.15) is 11.4 Å². The number of nitrogens with one attached hydrogen (secondary N) is 1. The highest BCUT2D eigenvalue weighted by atomic mass is 16.5. The van der Waals surface area contributed by atoms with Gasteiger partial charge in [0.05, 0.1) is 16.9 Å². The van der Waals surface area contributed by atoms with Crippen LogP contribution in [0, 0.1) is 12.8 Å². The lowest BCUT2D eigenvalue weighted by Crippen LogP contribution is -2.43. The third-order valence-corrected chi connectivity index (χ3v) is 7.46. The predicted octanol–water partition coefficient (Wildman–Crippen LogP) is 4.42. The number of aryl methyl sites for hydroxylation is 1. The summed E-state index contributed by atoms with van der Waals surface area (Å²) in [4.78, 5) is 34.7. The van der Waals surface area contributed by atoms with Crippen molar-refractivity contribution in [2.45, 2.75) is 32.8 Å². The van der Waals surface area contributed by atoms with E-state index in [0.29, 0.717) is 51.7 Å². The van der Waals surface area contributed by atoms with Gasteiger partial charge in [-0.1, -0.05) is 37.3 Å². The fourth-order valence-corrected chi connectivity index (χ4v) is 5.40. The van der Waals surface area contributed by atoms with Crippen LogP contribution in [0.1, 0.15) is 46.0 Å². The Balaban J connectivity index is 1.37. The van der Waals surface area contributed by atoms with Crippen LogP contribution in [0.15, 0.2) is 70.4 Å². The molecule has 0 bridgehead atoms. The van der Waals surface area contributed by atoms with Crippen LogP contribution >= 0.6 is 0 Å². The average molecular weight is 468 g/mol. The third-order valence-electron chi connectivity index (χ3n) is 7.46. The third kappa shape index (κ3) is 3.82. The van der Waals surface area contributed by atoms with Crippen molar-refractivity contribution >= 4 is 23.0 Å². The van der Waals surface area contributed by atoms with Gasteiger partial charge in [-0.2, -0.15) is 0 Å². The van der Waals surface area contributed by atoms with Crippen molar-refractivity contribution < 1.29 is 14.3 Å². The minimum atomic E-state index is -0.524. The zero-order valence-electron chi connectivity index (χ0n) is 20.1. The Morgan fingerprint density at radius 3 is 2.49 bits per heavy atom. The maximum atomic E-state index is 13.7. The van der Waals surface area contributed by atoms with Crippen molar-refractivity contribution in [3.8, 4) is 5.75 Å². The normalized spacial score (nSPS) is 21.8. The number of rotatable bonds is 4. The summed E-state index contributed by atoms with van der Waals surface area (Å²) < 4.78 is 6.29. The number of Topliss-reactive ketones (excluding diaryl/α,β-unsaturated/α-hetero) is 2. The summed E-state index contributed by atoms with van der Waals surface area (Å²) in [5, 5.41) is 3.48. The first-order valence-corrected chi connectivity index (χ1v) is 12.5. The Bertz CT molecular complexity index is 1330. The van der Waals surface area contributed by atoms with E-state index in [4.69, 9.17) is 9.73 Å². The lowest BCUT2D eigenvalue weighted by molar-refractivity contribution is 0.0978. The quantitative estimate of drug-likeness (QED) is 0.721. The fraction of sp³-hybridized carbons (Fsp3) is 0.345. The van der Waals surface area contributed by atoms with E-state index < -0.39 is 6.10 Å². The Hall–Kier alpha value is -3.51. The van der Waals surface area contributed by atoms with Crippen LogP contribution in [-0.2, 0) is 0 Å². The summed E-state index contributed by atoms with van der Waals surface area (Å²) in [6.07, 6.45) is 3.83. The topological polar surface area (TPSA) is 71.0 Å². The molecular weight excluding hydrogens is 438 g/mol. The second-order valence-corrected chi connectivity index (χ2v) is 9.99. The van der Waals surface area contributed by atoms with E-state index in [1.54, 1.807) is 24.3 Å². The van der Waals surface area contributed by atoms with E-state index in [2.05, 4.69) is 17.1 Å². The monoisotopic (exact) mass is 467 g/mol. The largest absolute Gasteiger partial charge is 0.478 e. The fourth-order valence-electron chi connectivity index (χ4n) is 5.40. The second-order valence-electron chi connectivity index (χ2n) is 9.99. The van der Waals surface area contributed by atoms with Gasteiger partial charge in [-0.3, -0.25) is 9.59 Å². The molecule has 2 heterocycles. The van der Waals surface area contributed by atoms with Crippen molar-refractivity contribution in [3.05, 3.63) is 82.1 Å². The van der Waals surface area contributed by atoms with Crippen LogP contribution in [-0.4, -0.2) is 54.5 Å². The highest BCUT2D eigenvalue weighted by molar-refractivity contribution is 6.40. The summed E-state index contributed by atoms with van der Waals surface area (Å²) in [6.45, 7) is 8.07. The molecule has 1 atom stereocenters. The van der Waals surface area contributed by atoms with E-state index >= 15 is 0 Å². The molecule has 1 fully saturated rings. The standard InChI is InChI=1S/C29H29N3O3/c1-17-9-12-32(13-10-17)14-11-30-22-16-24-27(31-21-15-18(2)7-8-23(21)35-24)26-25(22)28(33)19-5-3-4-6-20(19)29(26)34/h3-8,15-17,24,30H,9-14H2,1-2H3. The molecule has 2 aromatic carbocycles. The van der Waals surface area contributed by atoms with Gasteiger partial charge >= 0.3 is 0 Å². The van der Waals surface area contributed by atoms with Crippen LogP contribution < -0.4 is 10.1 Å². The molecule has 2 aliphatic heterocycles. The summed E-state index contributed by atoms with van der Waals surface area (Å²) in [5.74, 6) is 1.15. The van der Waals surface area contributed by atoms with Crippen LogP contribution in [0.3, 0.4) is 0 Å². The summed E-state index contributed by atoms with van der Waals surface area (Å²) in [7, 11) is 0. The van der Waals surface area contributed by atoms with Crippen LogP contribution in [0.5, 0.6) is 5.75 Å². The number of benzene rings is 2. The number of hydrogen-bond donors (Lipinski definition) is 1. The van der Waals surface area contributed by atoms with E-state index in [0.717, 1.165) is 31.1 Å². The molecule has 1 N–H and O–H groups in total. The number of hydrogen-bond acceptors (Lipinski definition) is 6. The van der Waals surface area contributed by atoms with Crippen LogP contribution in [0.4, 0.5) is 5.69 Å². The number of nitrogens with zero attached hydrogens (tertiary/aromatic N) is 2. The molecule has 0 aromatic heterocycles. The SMILES string of the molecule is Cc1ccc2c(c1)N=C1C3=C(C(=O)c4ccccc4C3=O)C(NCCN3CCC(C)CC3)=CC1O2. The van der Waals surface area contributed by atoms with Crippen LogP contribution in [0.2, 0.25) is 0 Å². The number of ether oxygens (including phenoxy) is 1. The molecule has 1 unspecified atom stereocenters. The smallest absolute Gasteiger partial charge is 0.196 e. The van der Waals surface area contributed by atoms with E-state index in [1.165, 1.54) is 12.8 Å². The molecule has 4 aliphatic rings. The summed E-state index contributed by atoms with van der Waals surface area (Å²) in [6, 6.07) is 12.9. The van der Waals surface area contributed by atoms with Gasteiger partial charge < -0.3 is 15.0 Å². The van der Waals surface area contributed by atoms with Gasteiger partial charge in [0.2, 0.25) is 0 Å². The van der Waals surface area contributed by atoms with Gasteiger partial charge in [0.15, 0.2) is 17.7 Å². The summed E-state index contributed by atoms with van der Waals surface area (Å²) in [5.41, 5.74) is 4.57. The molecular formula is C29H29N3O3. The molecule has 6 heteroatoms. The zero-order valence-corrected chi connectivity index (χ0v) is 20.1. The first-order chi connectivity index (χ1) is 17.0. The number of fused-ring (bicyclic) bond motifs is 4. The van der Waals surface area contributed by atoms with Crippen molar-refractivity contribution in [1.29, 1.82) is 0 Å². The average Bonchev–Trinajstić information content (AvgIpc) is 2.87. The van der Waals surface area contributed by atoms with E-state index in [1.807, 2.05) is 31.2 Å². The number of allylic oxidation sites excluding steroid dienone is 1. The molecule has 1 saturated heterocycles. The van der Waals surface area contributed by atoms with Gasteiger partial charge in [-0.25, -0.2) is 4.99 Å². The van der Waals surface area contributed by atoms with Crippen molar-refractivity contribution in [2.24, 2.45) is 10.9 Å². The van der Waals surface area contributed by atoms with Crippen LogP contribution in [0.25, 0.3) is 0 Å². The van der Waals surface area contributed by atoms with Gasteiger partial charge in [0, 0.05) is 29.9 Å². The molecule has 6 rings (SSSR count). The maximum absolute atomic E-state index is 13.7. The Morgan fingerprint density at radius 1 is 1.03 bits per heavy atom. The Labute approximate surface area is 205 Å². The van der Waals surface area contributed by atoms with Crippen molar-refractivity contribution in [1.82, 2.24) is 10.2 Å². The minimum absolute atomic E-state index is 0.142. The maximum Gasteiger partial charge on any atom is 0.196 e. The first kappa shape index (κ1) is 22.0. The van der Waals surface area contributed by atoms with E-state index in [9.17, 15) is 9.59 Å². The molecule has 35 heavy (non-hydrogen) atoms. The highest BCUT2D eigenvalue weighted by Crippen LogP contribution is 2.41. The molecule has 178 valence electrons. The number of ketones is 2. The van der Waals surface area contributed by atoms with Crippen molar-refractivity contribution in [3.63, 3.8) is 0 Å². The molecule has 2 aliphatic carbocycles. The molecule has 0 amide bonds. The van der Waals surface area contributed by atoms with Gasteiger partial charge in [-0.15, -0.1) is 0 Å². The van der Waals surface area contributed by atoms with E-state index in [-0.39, 0.29) is 11.6 Å². The predicted molar refractivity (Wildman–Crippen MR) is 136 cm³/mol. The molecule has 0 saturated carbocycles. The number of carbonyl (C=O) groups excluding carboxylic acids is 2. The number of carbonyl (C=O) groups is 2. The lowest BCUT2D eigenvalue weighted by atomic mass is 9.76. The Morgan fingerprint density at radius 2 is 1.74 bits per heavy atom. The lowest BCUT2D eigenvalue weighted by Gasteiger charge is -2.34. The van der Waals surface area contributed by atoms with Gasteiger partial charge in [-0.05, 0) is 62.5 Å². The highest BCUT2D eigenvalue weighted by Gasteiger charge is 2.43. The minimum Gasteiger partial charge on any atom is -0.478 e. The molecule has 0 spiro atoms. The second kappa shape index (κ2) is 8.61. The zero-order chi connectivity index (χ0) is 24.1. The number of aliphatic imine (C=N–C) groups is 1.